The zero-order valence-electron chi connectivity index (χ0n) is 22.9. The van der Waals surface area contributed by atoms with E-state index in [-0.39, 0.29) is 0 Å². The van der Waals surface area contributed by atoms with E-state index in [2.05, 4.69) is 115 Å². The van der Waals surface area contributed by atoms with Gasteiger partial charge in [-0.2, -0.15) is 0 Å². The highest BCUT2D eigenvalue weighted by atomic mass is 32.1. The maximum Gasteiger partial charge on any atom is 0.144 e. The van der Waals surface area contributed by atoms with Crippen LogP contribution in [0.2, 0.25) is 0 Å². The number of benzene rings is 7. The zero-order chi connectivity index (χ0) is 28.1. The molecule has 0 aliphatic carbocycles. The summed E-state index contributed by atoms with van der Waals surface area (Å²) in [5, 5.41) is 10.7. The van der Waals surface area contributed by atoms with Crippen LogP contribution in [-0.4, -0.2) is 0 Å². The SMILES string of the molecule is c1ccc2c(c1)oc1c(-c3c4ccccc4c(-c4cccc5c4sc4ccccc45)c4ccccc34)cc3occc3c12. The van der Waals surface area contributed by atoms with Gasteiger partial charge in [0, 0.05) is 53.0 Å². The Hall–Kier alpha value is -5.38. The van der Waals surface area contributed by atoms with Crippen LogP contribution in [0.3, 0.4) is 0 Å². The number of para-hydroxylation sites is 1. The van der Waals surface area contributed by atoms with E-state index in [0.29, 0.717) is 0 Å². The molecule has 0 saturated heterocycles. The summed E-state index contributed by atoms with van der Waals surface area (Å²) in [7, 11) is 0. The first-order valence-electron chi connectivity index (χ1n) is 14.5. The second kappa shape index (κ2) is 8.57. The molecule has 10 rings (SSSR count). The summed E-state index contributed by atoms with van der Waals surface area (Å²) in [6.45, 7) is 0. The molecule has 0 N–H and O–H groups in total. The highest BCUT2D eigenvalue weighted by molar-refractivity contribution is 7.26. The van der Waals surface area contributed by atoms with Crippen molar-refractivity contribution in [2.24, 2.45) is 0 Å². The van der Waals surface area contributed by atoms with Crippen molar-refractivity contribution in [2.75, 3.05) is 0 Å². The fourth-order valence-corrected chi connectivity index (χ4v) is 8.40. The Morgan fingerprint density at radius 1 is 0.442 bits per heavy atom. The third-order valence-electron chi connectivity index (χ3n) is 8.95. The average molecular weight is 567 g/mol. The maximum atomic E-state index is 6.68. The summed E-state index contributed by atoms with van der Waals surface area (Å²) in [4.78, 5) is 0. The maximum absolute atomic E-state index is 6.68. The number of fused-ring (bicyclic) bond motifs is 10. The number of rotatable bonds is 2. The quantitative estimate of drug-likeness (QED) is 0.195. The number of thiophene rings is 1. The molecule has 3 heterocycles. The predicted molar refractivity (Wildman–Crippen MR) is 182 cm³/mol. The van der Waals surface area contributed by atoms with Gasteiger partial charge in [-0.15, -0.1) is 11.3 Å². The molecule has 0 spiro atoms. The van der Waals surface area contributed by atoms with Gasteiger partial charge >= 0.3 is 0 Å². The average Bonchev–Trinajstić information content (AvgIpc) is 3.78. The van der Waals surface area contributed by atoms with Crippen LogP contribution in [0.15, 0.2) is 142 Å². The lowest BCUT2D eigenvalue weighted by molar-refractivity contribution is 0.615. The molecule has 2 nitrogen and oxygen atoms in total. The van der Waals surface area contributed by atoms with Crippen LogP contribution < -0.4 is 0 Å². The van der Waals surface area contributed by atoms with Gasteiger partial charge in [0.05, 0.1) is 6.26 Å². The van der Waals surface area contributed by atoms with Gasteiger partial charge < -0.3 is 8.83 Å². The summed E-state index contributed by atoms with van der Waals surface area (Å²) < 4.78 is 15.4. The minimum atomic E-state index is 0.862. The van der Waals surface area contributed by atoms with Crippen molar-refractivity contribution in [3.05, 3.63) is 134 Å². The molecule has 10 aromatic rings. The van der Waals surface area contributed by atoms with Crippen molar-refractivity contribution >= 4 is 86.0 Å². The number of hydrogen-bond donors (Lipinski definition) is 0. The Morgan fingerprint density at radius 3 is 1.77 bits per heavy atom. The summed E-state index contributed by atoms with van der Waals surface area (Å²) in [6.07, 6.45) is 1.78. The number of furan rings is 2. The summed E-state index contributed by atoms with van der Waals surface area (Å²) in [6, 6.07) is 45.7. The fraction of sp³-hybridized carbons (Fsp3) is 0. The highest BCUT2D eigenvalue weighted by Crippen LogP contribution is 2.50. The van der Waals surface area contributed by atoms with Gasteiger partial charge in [0.2, 0.25) is 0 Å². The molecule has 0 saturated carbocycles. The Balaban J connectivity index is 1.40. The van der Waals surface area contributed by atoms with Crippen molar-refractivity contribution in [3.63, 3.8) is 0 Å². The van der Waals surface area contributed by atoms with E-state index in [4.69, 9.17) is 8.83 Å². The van der Waals surface area contributed by atoms with Crippen LogP contribution >= 0.6 is 11.3 Å². The fourth-order valence-electron chi connectivity index (χ4n) is 7.18. The van der Waals surface area contributed by atoms with Gasteiger partial charge in [0.15, 0.2) is 0 Å². The highest BCUT2D eigenvalue weighted by Gasteiger charge is 2.23. The van der Waals surface area contributed by atoms with Gasteiger partial charge in [0.1, 0.15) is 16.7 Å². The molecule has 0 bridgehead atoms. The first kappa shape index (κ1) is 23.2. The summed E-state index contributed by atoms with van der Waals surface area (Å²) in [5.41, 5.74) is 7.40. The lowest BCUT2D eigenvalue weighted by Crippen LogP contribution is -1.91. The molecule has 0 radical (unpaired) electrons. The monoisotopic (exact) mass is 566 g/mol. The Bertz CT molecular complexity index is 2680. The Labute approximate surface area is 250 Å². The van der Waals surface area contributed by atoms with Crippen LogP contribution in [-0.2, 0) is 0 Å². The minimum absolute atomic E-state index is 0.862. The Morgan fingerprint density at radius 2 is 1.02 bits per heavy atom. The van der Waals surface area contributed by atoms with E-state index in [1.54, 1.807) is 6.26 Å². The van der Waals surface area contributed by atoms with Crippen molar-refractivity contribution in [2.45, 2.75) is 0 Å². The van der Waals surface area contributed by atoms with Gasteiger partial charge in [0.25, 0.3) is 0 Å². The molecule has 0 amide bonds. The molecule has 3 aromatic heterocycles. The van der Waals surface area contributed by atoms with Crippen molar-refractivity contribution in [1.29, 1.82) is 0 Å². The standard InChI is InChI=1S/C40H22O2S/c1-3-13-26-24(11-1)36(31-17-9-16-28-23-10-6-8-19-35(23)43-40(28)31)25-12-2-4-14-27(25)37(26)32-22-34-30(20-21-41-34)38-29-15-5-7-18-33(29)42-39(32)38/h1-22H. The lowest BCUT2D eigenvalue weighted by atomic mass is 9.85. The van der Waals surface area contributed by atoms with Crippen LogP contribution in [0, 0.1) is 0 Å². The molecule has 200 valence electrons. The lowest BCUT2D eigenvalue weighted by Gasteiger charge is -2.18. The second-order valence-electron chi connectivity index (χ2n) is 11.2. The minimum Gasteiger partial charge on any atom is -0.464 e. The van der Waals surface area contributed by atoms with Crippen LogP contribution in [0.4, 0.5) is 0 Å². The van der Waals surface area contributed by atoms with Crippen molar-refractivity contribution in [3.8, 4) is 22.3 Å². The van der Waals surface area contributed by atoms with E-state index < -0.39 is 0 Å². The third kappa shape index (κ3) is 3.12. The molecule has 0 fully saturated rings. The topological polar surface area (TPSA) is 26.3 Å². The van der Waals surface area contributed by atoms with E-state index in [1.165, 1.54) is 58.4 Å². The van der Waals surface area contributed by atoms with Gasteiger partial charge in [-0.3, -0.25) is 0 Å². The molecule has 43 heavy (non-hydrogen) atoms. The second-order valence-corrected chi connectivity index (χ2v) is 12.2. The van der Waals surface area contributed by atoms with E-state index in [0.717, 1.165) is 38.5 Å². The smallest absolute Gasteiger partial charge is 0.144 e. The van der Waals surface area contributed by atoms with Crippen molar-refractivity contribution < 1.29 is 8.83 Å². The van der Waals surface area contributed by atoms with Gasteiger partial charge in [-0.1, -0.05) is 103 Å². The number of hydrogen-bond acceptors (Lipinski definition) is 3. The Kier molecular flexibility index (Phi) is 4.63. The normalized spacial score (nSPS) is 12.2. The molecule has 7 aromatic carbocycles. The van der Waals surface area contributed by atoms with E-state index in [9.17, 15) is 0 Å². The largest absolute Gasteiger partial charge is 0.464 e. The van der Waals surface area contributed by atoms with Crippen LogP contribution in [0.5, 0.6) is 0 Å². The van der Waals surface area contributed by atoms with E-state index in [1.807, 2.05) is 23.5 Å². The van der Waals surface area contributed by atoms with Gasteiger partial charge in [-0.25, -0.2) is 0 Å². The van der Waals surface area contributed by atoms with Gasteiger partial charge in [-0.05, 0) is 51.4 Å². The molecule has 0 unspecified atom stereocenters. The molecular formula is C40H22O2S. The molecule has 3 heteroatoms. The first-order chi connectivity index (χ1) is 21.3. The summed E-state index contributed by atoms with van der Waals surface area (Å²) in [5.74, 6) is 0. The molecule has 0 aliphatic heterocycles. The third-order valence-corrected chi connectivity index (χ3v) is 10.2. The van der Waals surface area contributed by atoms with Crippen LogP contribution in [0.1, 0.15) is 0 Å². The van der Waals surface area contributed by atoms with E-state index >= 15 is 0 Å². The summed E-state index contributed by atoms with van der Waals surface area (Å²) >= 11 is 1.88. The van der Waals surface area contributed by atoms with Crippen molar-refractivity contribution in [1.82, 2.24) is 0 Å². The zero-order valence-corrected chi connectivity index (χ0v) is 23.7. The predicted octanol–water partition coefficient (Wildman–Crippen LogP) is 12.3. The van der Waals surface area contributed by atoms with Crippen LogP contribution in [0.25, 0.3) is 96.9 Å². The first-order valence-corrected chi connectivity index (χ1v) is 15.3. The molecule has 0 atom stereocenters. The molecule has 0 aliphatic rings. The molecular weight excluding hydrogens is 545 g/mol.